The highest BCUT2D eigenvalue weighted by Gasteiger charge is 2.18. The standard InChI is InChI=1S/C20H21N3O8/c1-3-30-15-7-8-16(17(10-15)23(27)28)22-18(24)12-31-19(25)11-21-20(26)13-5-4-6-14(9-13)29-2/h4-10H,3,11-12H2,1-2H3,(H,21,26)(H,22,24). The summed E-state index contributed by atoms with van der Waals surface area (Å²) in [5.74, 6) is -1.39. The molecule has 0 aliphatic heterocycles. The number of ether oxygens (including phenoxy) is 3. The molecule has 2 amide bonds. The summed E-state index contributed by atoms with van der Waals surface area (Å²) in [7, 11) is 1.46. The van der Waals surface area contributed by atoms with Crippen LogP contribution in [0.25, 0.3) is 0 Å². The summed E-state index contributed by atoms with van der Waals surface area (Å²) in [6, 6.07) is 10.3. The first kappa shape index (κ1) is 23.1. The predicted octanol–water partition coefficient (Wildman–Crippen LogP) is 1.91. The molecule has 164 valence electrons. The molecule has 0 aliphatic carbocycles. The number of hydrogen-bond acceptors (Lipinski definition) is 8. The zero-order valence-electron chi connectivity index (χ0n) is 16.9. The van der Waals surface area contributed by atoms with E-state index in [0.717, 1.165) is 0 Å². The van der Waals surface area contributed by atoms with E-state index in [2.05, 4.69) is 10.6 Å². The van der Waals surface area contributed by atoms with Crippen molar-refractivity contribution >= 4 is 29.2 Å². The molecule has 0 saturated carbocycles. The smallest absolute Gasteiger partial charge is 0.325 e. The van der Waals surface area contributed by atoms with E-state index in [1.807, 2.05) is 0 Å². The highest BCUT2D eigenvalue weighted by molar-refractivity contribution is 5.97. The van der Waals surface area contributed by atoms with Gasteiger partial charge in [-0.1, -0.05) is 6.07 Å². The number of nitrogens with zero attached hydrogens (tertiary/aromatic N) is 1. The van der Waals surface area contributed by atoms with Crippen molar-refractivity contribution in [2.45, 2.75) is 6.92 Å². The summed E-state index contributed by atoms with van der Waals surface area (Å²) in [5.41, 5.74) is -0.148. The normalized spacial score (nSPS) is 10.0. The minimum absolute atomic E-state index is 0.0687. The highest BCUT2D eigenvalue weighted by Crippen LogP contribution is 2.29. The maximum absolute atomic E-state index is 12.0. The Morgan fingerprint density at radius 3 is 2.55 bits per heavy atom. The first-order valence-electron chi connectivity index (χ1n) is 9.13. The molecule has 0 unspecified atom stereocenters. The minimum atomic E-state index is -0.854. The van der Waals surface area contributed by atoms with Crippen LogP contribution in [0.5, 0.6) is 11.5 Å². The molecule has 31 heavy (non-hydrogen) atoms. The van der Waals surface area contributed by atoms with E-state index >= 15 is 0 Å². The van der Waals surface area contributed by atoms with Crippen LogP contribution in [0.3, 0.4) is 0 Å². The number of esters is 1. The fourth-order valence-corrected chi connectivity index (χ4v) is 2.43. The maximum atomic E-state index is 12.0. The highest BCUT2D eigenvalue weighted by atomic mass is 16.6. The van der Waals surface area contributed by atoms with E-state index in [9.17, 15) is 24.5 Å². The molecule has 2 aromatic rings. The zero-order valence-corrected chi connectivity index (χ0v) is 16.9. The van der Waals surface area contributed by atoms with Crippen LogP contribution in [0.4, 0.5) is 11.4 Å². The summed E-state index contributed by atoms with van der Waals surface area (Å²) in [4.78, 5) is 46.3. The van der Waals surface area contributed by atoms with Gasteiger partial charge < -0.3 is 24.8 Å². The zero-order chi connectivity index (χ0) is 22.8. The van der Waals surface area contributed by atoms with Gasteiger partial charge in [0.05, 0.1) is 24.7 Å². The summed E-state index contributed by atoms with van der Waals surface area (Å²) in [6.45, 7) is 0.910. The number of hydrogen-bond donors (Lipinski definition) is 2. The van der Waals surface area contributed by atoms with E-state index in [-0.39, 0.29) is 22.7 Å². The van der Waals surface area contributed by atoms with Crippen LogP contribution in [-0.2, 0) is 14.3 Å². The Labute approximate surface area is 177 Å². The number of rotatable bonds is 10. The number of anilines is 1. The van der Waals surface area contributed by atoms with Gasteiger partial charge in [0, 0.05) is 5.56 Å². The topological polar surface area (TPSA) is 146 Å². The van der Waals surface area contributed by atoms with Gasteiger partial charge in [-0.25, -0.2) is 0 Å². The third-order valence-electron chi connectivity index (χ3n) is 3.84. The van der Waals surface area contributed by atoms with Crippen molar-refractivity contribution in [2.75, 3.05) is 32.2 Å². The van der Waals surface area contributed by atoms with Crippen LogP contribution in [0.1, 0.15) is 17.3 Å². The van der Waals surface area contributed by atoms with E-state index < -0.39 is 35.9 Å². The van der Waals surface area contributed by atoms with Crippen molar-refractivity contribution in [1.29, 1.82) is 0 Å². The van der Waals surface area contributed by atoms with Gasteiger partial charge >= 0.3 is 5.97 Å². The second-order valence-electron chi connectivity index (χ2n) is 5.99. The van der Waals surface area contributed by atoms with E-state index in [1.165, 1.54) is 31.4 Å². The summed E-state index contributed by atoms with van der Waals surface area (Å²) >= 11 is 0. The molecule has 2 rings (SSSR count). The summed E-state index contributed by atoms with van der Waals surface area (Å²) in [6.07, 6.45) is 0. The molecular weight excluding hydrogens is 410 g/mol. The molecule has 2 aromatic carbocycles. The van der Waals surface area contributed by atoms with Crippen molar-refractivity contribution in [1.82, 2.24) is 5.32 Å². The Bertz CT molecular complexity index is 977. The van der Waals surface area contributed by atoms with Gasteiger partial charge in [-0.3, -0.25) is 24.5 Å². The molecule has 0 aliphatic rings. The van der Waals surface area contributed by atoms with Crippen molar-refractivity contribution in [2.24, 2.45) is 0 Å². The van der Waals surface area contributed by atoms with E-state index in [4.69, 9.17) is 14.2 Å². The third kappa shape index (κ3) is 6.99. The largest absolute Gasteiger partial charge is 0.497 e. The molecule has 0 saturated heterocycles. The molecule has 0 bridgehead atoms. The molecule has 0 spiro atoms. The Kier molecular flexibility index (Phi) is 8.31. The van der Waals surface area contributed by atoms with Crippen molar-refractivity contribution < 1.29 is 33.5 Å². The number of benzene rings is 2. The van der Waals surface area contributed by atoms with Gasteiger partial charge in [0.1, 0.15) is 23.7 Å². The average molecular weight is 431 g/mol. The van der Waals surface area contributed by atoms with Gasteiger partial charge in [0.2, 0.25) is 0 Å². The molecule has 2 N–H and O–H groups in total. The Morgan fingerprint density at radius 1 is 1.10 bits per heavy atom. The molecule has 0 fully saturated rings. The lowest BCUT2D eigenvalue weighted by Crippen LogP contribution is -2.32. The second-order valence-corrected chi connectivity index (χ2v) is 5.99. The van der Waals surface area contributed by atoms with Crippen LogP contribution in [0.2, 0.25) is 0 Å². The lowest BCUT2D eigenvalue weighted by Gasteiger charge is -2.09. The van der Waals surface area contributed by atoms with Crippen LogP contribution in [-0.4, -0.2) is 49.6 Å². The Balaban J connectivity index is 1.85. The Hall–Kier alpha value is -4.15. The van der Waals surface area contributed by atoms with Crippen LogP contribution in [0.15, 0.2) is 42.5 Å². The number of carbonyl (C=O) groups is 3. The van der Waals surface area contributed by atoms with Crippen LogP contribution in [0, 0.1) is 10.1 Å². The molecule has 0 radical (unpaired) electrons. The molecule has 0 aromatic heterocycles. The number of nitro benzene ring substituents is 1. The van der Waals surface area contributed by atoms with Crippen LogP contribution < -0.4 is 20.1 Å². The van der Waals surface area contributed by atoms with Gasteiger partial charge in [-0.2, -0.15) is 0 Å². The molecule has 0 atom stereocenters. The molecule has 0 heterocycles. The first-order valence-corrected chi connectivity index (χ1v) is 9.13. The first-order chi connectivity index (χ1) is 14.8. The lowest BCUT2D eigenvalue weighted by atomic mass is 10.2. The van der Waals surface area contributed by atoms with Crippen molar-refractivity contribution in [3.05, 3.63) is 58.1 Å². The van der Waals surface area contributed by atoms with Crippen LogP contribution >= 0.6 is 0 Å². The van der Waals surface area contributed by atoms with Gasteiger partial charge in [0.15, 0.2) is 6.61 Å². The van der Waals surface area contributed by atoms with E-state index in [0.29, 0.717) is 12.4 Å². The van der Waals surface area contributed by atoms with Crippen molar-refractivity contribution in [3.63, 3.8) is 0 Å². The minimum Gasteiger partial charge on any atom is -0.497 e. The maximum Gasteiger partial charge on any atom is 0.325 e. The Morgan fingerprint density at radius 2 is 1.87 bits per heavy atom. The molecule has 11 nitrogen and oxygen atoms in total. The van der Waals surface area contributed by atoms with E-state index in [1.54, 1.807) is 25.1 Å². The molecule has 11 heteroatoms. The fraction of sp³-hybridized carbons (Fsp3) is 0.250. The number of amides is 2. The third-order valence-corrected chi connectivity index (χ3v) is 3.84. The monoisotopic (exact) mass is 431 g/mol. The second kappa shape index (κ2) is 11.1. The average Bonchev–Trinajstić information content (AvgIpc) is 2.77. The SMILES string of the molecule is CCOc1ccc(NC(=O)COC(=O)CNC(=O)c2cccc(OC)c2)c([N+](=O)[O-])c1. The predicted molar refractivity (Wildman–Crippen MR) is 109 cm³/mol. The van der Waals surface area contributed by atoms with Gasteiger partial charge in [-0.05, 0) is 37.3 Å². The van der Waals surface area contributed by atoms with Gasteiger partial charge in [-0.15, -0.1) is 0 Å². The molecular formula is C20H21N3O8. The number of methoxy groups -OCH3 is 1. The fourth-order valence-electron chi connectivity index (χ4n) is 2.43. The number of nitrogens with one attached hydrogen (secondary N) is 2. The summed E-state index contributed by atoms with van der Waals surface area (Å²) in [5, 5.41) is 15.9. The van der Waals surface area contributed by atoms with Gasteiger partial charge in [0.25, 0.3) is 17.5 Å². The lowest BCUT2D eigenvalue weighted by molar-refractivity contribution is -0.384. The summed E-state index contributed by atoms with van der Waals surface area (Å²) < 4.78 is 15.0. The number of carbonyl (C=O) groups excluding carboxylic acids is 3. The quantitative estimate of drug-likeness (QED) is 0.329. The van der Waals surface area contributed by atoms with Crippen molar-refractivity contribution in [3.8, 4) is 11.5 Å². The number of nitro groups is 1.